The van der Waals surface area contributed by atoms with Gasteiger partial charge in [0.05, 0.1) is 12.7 Å². The monoisotopic (exact) mass is 269 g/mol. The predicted octanol–water partition coefficient (Wildman–Crippen LogP) is 1.38. The SMILES string of the molecule is COc1ccc(C(=O)NC2Cc3cccnc3C2)cn1. The summed E-state index contributed by atoms with van der Waals surface area (Å²) in [5.74, 6) is 0.386. The molecule has 1 N–H and O–H groups in total. The fourth-order valence-corrected chi connectivity index (χ4v) is 2.42. The van der Waals surface area contributed by atoms with Crippen LogP contribution in [-0.4, -0.2) is 29.0 Å². The molecular weight excluding hydrogens is 254 g/mol. The minimum Gasteiger partial charge on any atom is -0.481 e. The van der Waals surface area contributed by atoms with Gasteiger partial charge in [0.25, 0.3) is 5.91 Å². The zero-order chi connectivity index (χ0) is 13.9. The smallest absolute Gasteiger partial charge is 0.253 e. The first-order chi connectivity index (χ1) is 9.76. The van der Waals surface area contributed by atoms with E-state index in [1.807, 2.05) is 6.07 Å². The van der Waals surface area contributed by atoms with Crippen LogP contribution in [0.5, 0.6) is 5.88 Å². The highest BCUT2D eigenvalue weighted by molar-refractivity contribution is 5.94. The van der Waals surface area contributed by atoms with Crippen molar-refractivity contribution in [1.82, 2.24) is 15.3 Å². The Balaban J connectivity index is 1.65. The summed E-state index contributed by atoms with van der Waals surface area (Å²) < 4.78 is 4.97. The molecule has 0 saturated heterocycles. The molecule has 0 radical (unpaired) electrons. The highest BCUT2D eigenvalue weighted by Gasteiger charge is 2.23. The van der Waals surface area contributed by atoms with Crippen LogP contribution in [0.3, 0.4) is 0 Å². The lowest BCUT2D eigenvalue weighted by Gasteiger charge is -2.11. The maximum Gasteiger partial charge on any atom is 0.253 e. The number of hydrogen-bond acceptors (Lipinski definition) is 4. The highest BCUT2D eigenvalue weighted by atomic mass is 16.5. The van der Waals surface area contributed by atoms with Crippen LogP contribution >= 0.6 is 0 Å². The van der Waals surface area contributed by atoms with Gasteiger partial charge < -0.3 is 10.1 Å². The molecule has 0 saturated carbocycles. The van der Waals surface area contributed by atoms with Crippen LogP contribution in [0.25, 0.3) is 0 Å². The first kappa shape index (κ1) is 12.6. The molecule has 5 heteroatoms. The second-order valence-electron chi connectivity index (χ2n) is 4.78. The summed E-state index contributed by atoms with van der Waals surface area (Å²) in [5.41, 5.74) is 2.83. The van der Waals surface area contributed by atoms with Crippen molar-refractivity contribution >= 4 is 5.91 Å². The third-order valence-corrected chi connectivity index (χ3v) is 3.43. The molecule has 1 atom stereocenters. The standard InChI is InChI=1S/C15H15N3O2/c1-20-14-5-4-11(9-17-14)15(19)18-12-7-10-3-2-6-16-13(10)8-12/h2-6,9,12H,7-8H2,1H3,(H,18,19). The van der Waals surface area contributed by atoms with Crippen LogP contribution in [0, 0.1) is 0 Å². The van der Waals surface area contributed by atoms with Crippen molar-refractivity contribution in [3.05, 3.63) is 53.5 Å². The van der Waals surface area contributed by atoms with Gasteiger partial charge in [0, 0.05) is 36.6 Å². The number of nitrogens with zero attached hydrogens (tertiary/aromatic N) is 2. The van der Waals surface area contributed by atoms with E-state index in [4.69, 9.17) is 4.74 Å². The maximum atomic E-state index is 12.1. The van der Waals surface area contributed by atoms with Crippen LogP contribution in [0.4, 0.5) is 0 Å². The second kappa shape index (κ2) is 5.28. The Morgan fingerprint density at radius 2 is 2.20 bits per heavy atom. The lowest BCUT2D eigenvalue weighted by atomic mass is 10.2. The van der Waals surface area contributed by atoms with Gasteiger partial charge in [-0.1, -0.05) is 6.07 Å². The molecule has 0 fully saturated rings. The number of carbonyl (C=O) groups is 1. The molecule has 1 unspecified atom stereocenters. The molecule has 0 spiro atoms. The third-order valence-electron chi connectivity index (χ3n) is 3.43. The van der Waals surface area contributed by atoms with Gasteiger partial charge in [-0.2, -0.15) is 0 Å². The van der Waals surface area contributed by atoms with E-state index < -0.39 is 0 Å². The number of nitrogens with one attached hydrogen (secondary N) is 1. The van der Waals surface area contributed by atoms with E-state index in [2.05, 4.69) is 21.4 Å². The summed E-state index contributed by atoms with van der Waals surface area (Å²) in [6.45, 7) is 0. The molecule has 2 heterocycles. The third kappa shape index (κ3) is 2.47. The molecule has 1 aliphatic carbocycles. The number of aromatic nitrogens is 2. The summed E-state index contributed by atoms with van der Waals surface area (Å²) >= 11 is 0. The van der Waals surface area contributed by atoms with Gasteiger partial charge in [-0.15, -0.1) is 0 Å². The first-order valence-corrected chi connectivity index (χ1v) is 6.50. The lowest BCUT2D eigenvalue weighted by molar-refractivity contribution is 0.0938. The van der Waals surface area contributed by atoms with E-state index >= 15 is 0 Å². The number of pyridine rings is 2. The Kier molecular flexibility index (Phi) is 3.33. The van der Waals surface area contributed by atoms with Gasteiger partial charge in [0.2, 0.25) is 5.88 Å². The van der Waals surface area contributed by atoms with Crippen LogP contribution < -0.4 is 10.1 Å². The van der Waals surface area contributed by atoms with Crippen molar-refractivity contribution in [3.63, 3.8) is 0 Å². The number of methoxy groups -OCH3 is 1. The fourth-order valence-electron chi connectivity index (χ4n) is 2.42. The number of hydrogen-bond donors (Lipinski definition) is 1. The van der Waals surface area contributed by atoms with Crippen LogP contribution in [0.1, 0.15) is 21.6 Å². The summed E-state index contributed by atoms with van der Waals surface area (Å²) in [7, 11) is 1.55. The molecule has 2 aromatic heterocycles. The Morgan fingerprint density at radius 3 is 2.90 bits per heavy atom. The Hall–Kier alpha value is -2.43. The number of amides is 1. The van der Waals surface area contributed by atoms with E-state index in [1.165, 1.54) is 11.8 Å². The van der Waals surface area contributed by atoms with Gasteiger partial charge in [0.15, 0.2) is 0 Å². The molecular formula is C15H15N3O2. The maximum absolute atomic E-state index is 12.1. The largest absolute Gasteiger partial charge is 0.481 e. The topological polar surface area (TPSA) is 64.1 Å². The van der Waals surface area contributed by atoms with Crippen molar-refractivity contribution in [3.8, 4) is 5.88 Å². The first-order valence-electron chi connectivity index (χ1n) is 6.50. The van der Waals surface area contributed by atoms with Gasteiger partial charge in [-0.3, -0.25) is 9.78 Å². The normalized spacial score (nSPS) is 16.6. The Labute approximate surface area is 117 Å². The van der Waals surface area contributed by atoms with Crippen molar-refractivity contribution < 1.29 is 9.53 Å². The second-order valence-corrected chi connectivity index (χ2v) is 4.78. The average molecular weight is 269 g/mol. The zero-order valence-electron chi connectivity index (χ0n) is 11.2. The Morgan fingerprint density at radius 1 is 1.30 bits per heavy atom. The molecule has 0 aliphatic heterocycles. The average Bonchev–Trinajstić information content (AvgIpc) is 2.89. The summed E-state index contributed by atoms with van der Waals surface area (Å²) in [4.78, 5) is 20.5. The molecule has 3 rings (SSSR count). The molecule has 0 aromatic carbocycles. The van der Waals surface area contributed by atoms with Crippen molar-refractivity contribution in [1.29, 1.82) is 0 Å². The quantitative estimate of drug-likeness (QED) is 0.914. The van der Waals surface area contributed by atoms with Gasteiger partial charge in [-0.25, -0.2) is 4.98 Å². The fraction of sp³-hybridized carbons (Fsp3) is 0.267. The van der Waals surface area contributed by atoms with E-state index in [-0.39, 0.29) is 11.9 Å². The highest BCUT2D eigenvalue weighted by Crippen LogP contribution is 2.19. The lowest BCUT2D eigenvalue weighted by Crippen LogP contribution is -2.35. The van der Waals surface area contributed by atoms with Gasteiger partial charge in [0.1, 0.15) is 0 Å². The molecule has 1 aliphatic rings. The van der Waals surface area contributed by atoms with Crippen LogP contribution in [-0.2, 0) is 12.8 Å². The minimum atomic E-state index is -0.113. The number of fused-ring (bicyclic) bond motifs is 1. The molecule has 1 amide bonds. The van der Waals surface area contributed by atoms with Crippen LogP contribution in [0.15, 0.2) is 36.7 Å². The minimum absolute atomic E-state index is 0.106. The Bertz CT molecular complexity index is 600. The summed E-state index contributed by atoms with van der Waals surface area (Å²) in [5, 5.41) is 3.02. The summed E-state index contributed by atoms with van der Waals surface area (Å²) in [6, 6.07) is 7.48. The summed E-state index contributed by atoms with van der Waals surface area (Å²) in [6.07, 6.45) is 4.93. The predicted molar refractivity (Wildman–Crippen MR) is 73.7 cm³/mol. The molecule has 5 nitrogen and oxygen atoms in total. The zero-order valence-corrected chi connectivity index (χ0v) is 11.2. The van der Waals surface area contributed by atoms with Gasteiger partial charge >= 0.3 is 0 Å². The van der Waals surface area contributed by atoms with Crippen molar-refractivity contribution in [2.45, 2.75) is 18.9 Å². The van der Waals surface area contributed by atoms with Crippen molar-refractivity contribution in [2.75, 3.05) is 7.11 Å². The van der Waals surface area contributed by atoms with E-state index in [9.17, 15) is 4.79 Å². The molecule has 102 valence electrons. The van der Waals surface area contributed by atoms with E-state index in [0.29, 0.717) is 11.4 Å². The number of carbonyl (C=O) groups excluding carboxylic acids is 1. The molecule has 2 aromatic rings. The van der Waals surface area contributed by atoms with Gasteiger partial charge in [-0.05, 0) is 24.1 Å². The van der Waals surface area contributed by atoms with E-state index in [1.54, 1.807) is 25.4 Å². The van der Waals surface area contributed by atoms with Crippen molar-refractivity contribution in [2.24, 2.45) is 0 Å². The van der Waals surface area contributed by atoms with Crippen LogP contribution in [0.2, 0.25) is 0 Å². The molecule has 0 bridgehead atoms. The number of rotatable bonds is 3. The van der Waals surface area contributed by atoms with E-state index in [0.717, 1.165) is 18.5 Å². The molecule has 20 heavy (non-hydrogen) atoms. The number of ether oxygens (including phenoxy) is 1.